The van der Waals surface area contributed by atoms with Crippen LogP contribution in [0.15, 0.2) is 17.6 Å². The molecule has 3 heteroatoms. The number of fused-ring (bicyclic) bond motifs is 1. The molecule has 2 rings (SSSR count). The Kier molecular flexibility index (Phi) is 1.04. The predicted molar refractivity (Wildman–Crippen MR) is 42.2 cm³/mol. The van der Waals surface area contributed by atoms with Crippen LogP contribution in [0, 0.1) is 0 Å². The van der Waals surface area contributed by atoms with E-state index < -0.39 is 0 Å². The van der Waals surface area contributed by atoms with E-state index in [1.807, 2.05) is 13.0 Å². The molecule has 11 heavy (non-hydrogen) atoms. The fraction of sp³-hybridized carbons (Fsp3) is 0.125. The molecule has 0 atom stereocenters. The second-order valence-electron chi connectivity index (χ2n) is 2.46. The molecule has 0 spiro atoms. The van der Waals surface area contributed by atoms with Crippen molar-refractivity contribution in [3.63, 3.8) is 0 Å². The number of hydrogen-bond donors (Lipinski definition) is 1. The first kappa shape index (κ1) is 6.05. The second kappa shape index (κ2) is 1.89. The SMILES string of the molecule is CC1=C=C=c2ncn(N)c2=C1. The van der Waals surface area contributed by atoms with E-state index in [9.17, 15) is 0 Å². The average Bonchev–Trinajstić information content (AvgIpc) is 2.33. The van der Waals surface area contributed by atoms with Crippen LogP contribution in [-0.4, -0.2) is 9.66 Å². The van der Waals surface area contributed by atoms with Gasteiger partial charge in [0.05, 0.1) is 5.35 Å². The maximum Gasteiger partial charge on any atom is 0.141 e. The van der Waals surface area contributed by atoms with E-state index in [4.69, 9.17) is 5.84 Å². The molecule has 1 heterocycles. The molecule has 1 aliphatic carbocycles. The molecular formula is C8H7N3. The third-order valence-corrected chi connectivity index (χ3v) is 1.56. The lowest BCUT2D eigenvalue weighted by molar-refractivity contribution is 0.962. The van der Waals surface area contributed by atoms with E-state index in [1.165, 1.54) is 4.68 Å². The molecule has 1 aromatic rings. The summed E-state index contributed by atoms with van der Waals surface area (Å²) in [6.07, 6.45) is 3.49. The molecule has 0 unspecified atom stereocenters. The van der Waals surface area contributed by atoms with Crippen LogP contribution in [0.4, 0.5) is 0 Å². The Morgan fingerprint density at radius 3 is 3.18 bits per heavy atom. The standard InChI is InChI=1S/C8H7N3/c1-6-2-3-7-8(4-6)11(9)5-10-7/h4-5H,9H2,1H3. The van der Waals surface area contributed by atoms with E-state index in [2.05, 4.69) is 16.4 Å². The minimum atomic E-state index is 0.762. The molecule has 0 aromatic carbocycles. The molecule has 0 fully saturated rings. The minimum absolute atomic E-state index is 0.762. The lowest BCUT2D eigenvalue weighted by Crippen LogP contribution is -2.34. The Bertz CT molecular complexity index is 480. The van der Waals surface area contributed by atoms with Gasteiger partial charge in [-0.25, -0.2) is 9.66 Å². The van der Waals surface area contributed by atoms with Crippen LogP contribution in [0.25, 0.3) is 11.8 Å². The largest absolute Gasteiger partial charge is 0.338 e. The van der Waals surface area contributed by atoms with Crippen molar-refractivity contribution in [2.24, 2.45) is 0 Å². The van der Waals surface area contributed by atoms with Gasteiger partial charge in [0.15, 0.2) is 0 Å². The fourth-order valence-electron chi connectivity index (χ4n) is 1.01. The first-order valence-electron chi connectivity index (χ1n) is 3.30. The summed E-state index contributed by atoms with van der Waals surface area (Å²) in [5.41, 5.74) is 6.85. The van der Waals surface area contributed by atoms with Crippen LogP contribution in [-0.2, 0) is 0 Å². The number of allylic oxidation sites excluding steroid dienone is 1. The molecule has 1 aliphatic rings. The molecule has 3 nitrogen and oxygen atoms in total. The van der Waals surface area contributed by atoms with Crippen LogP contribution in [0.1, 0.15) is 6.92 Å². The van der Waals surface area contributed by atoms with Gasteiger partial charge in [-0.2, -0.15) is 0 Å². The monoisotopic (exact) mass is 145 g/mol. The Morgan fingerprint density at radius 2 is 2.36 bits per heavy atom. The summed E-state index contributed by atoms with van der Waals surface area (Å²) in [5, 5.41) is 1.65. The first-order valence-corrected chi connectivity index (χ1v) is 3.30. The maximum absolute atomic E-state index is 5.57. The van der Waals surface area contributed by atoms with Crippen LogP contribution in [0.2, 0.25) is 0 Å². The molecule has 0 aliphatic heterocycles. The van der Waals surface area contributed by atoms with Gasteiger partial charge < -0.3 is 5.84 Å². The van der Waals surface area contributed by atoms with E-state index in [1.54, 1.807) is 6.33 Å². The molecule has 0 radical (unpaired) electrons. The van der Waals surface area contributed by atoms with Crippen molar-refractivity contribution < 1.29 is 0 Å². The summed E-state index contributed by atoms with van der Waals surface area (Å²) in [5.74, 6) is 5.57. The number of nitrogen functional groups attached to an aromatic ring is 1. The molecule has 2 N–H and O–H groups in total. The van der Waals surface area contributed by atoms with Crippen LogP contribution >= 0.6 is 0 Å². The summed E-state index contributed by atoms with van der Waals surface area (Å²) in [6.45, 7) is 1.95. The topological polar surface area (TPSA) is 43.8 Å². The van der Waals surface area contributed by atoms with Crippen molar-refractivity contribution in [3.8, 4) is 0 Å². The van der Waals surface area contributed by atoms with Crippen molar-refractivity contribution >= 4 is 11.8 Å². The normalized spacial score (nSPS) is 13.0. The van der Waals surface area contributed by atoms with Gasteiger partial charge in [-0.15, -0.1) is 0 Å². The van der Waals surface area contributed by atoms with Crippen LogP contribution < -0.4 is 16.5 Å². The van der Waals surface area contributed by atoms with Gasteiger partial charge in [-0.1, -0.05) is 5.73 Å². The van der Waals surface area contributed by atoms with Crippen LogP contribution in [0.3, 0.4) is 0 Å². The predicted octanol–water partition coefficient (Wildman–Crippen LogP) is -1.13. The second-order valence-corrected chi connectivity index (χ2v) is 2.46. The summed E-state index contributed by atoms with van der Waals surface area (Å²) >= 11 is 0. The quantitative estimate of drug-likeness (QED) is 0.371. The summed E-state index contributed by atoms with van der Waals surface area (Å²) in [4.78, 5) is 4.01. The van der Waals surface area contributed by atoms with Crippen LogP contribution in [0.5, 0.6) is 0 Å². The van der Waals surface area contributed by atoms with Gasteiger partial charge in [0.2, 0.25) is 0 Å². The zero-order valence-corrected chi connectivity index (χ0v) is 6.13. The van der Waals surface area contributed by atoms with Crippen molar-refractivity contribution in [1.82, 2.24) is 9.66 Å². The Hall–Kier alpha value is -1.69. The van der Waals surface area contributed by atoms with Gasteiger partial charge >= 0.3 is 0 Å². The van der Waals surface area contributed by atoms with Crippen molar-refractivity contribution in [1.29, 1.82) is 0 Å². The molecule has 0 saturated heterocycles. The number of hydrogen-bond acceptors (Lipinski definition) is 2. The number of nitrogens with two attached hydrogens (primary N) is 1. The molecule has 54 valence electrons. The lowest BCUT2D eigenvalue weighted by Gasteiger charge is -1.90. The van der Waals surface area contributed by atoms with E-state index in [0.717, 1.165) is 16.3 Å². The molecular weight excluding hydrogens is 138 g/mol. The number of imidazole rings is 1. The van der Waals surface area contributed by atoms with E-state index in [0.29, 0.717) is 0 Å². The summed E-state index contributed by atoms with van der Waals surface area (Å²) in [6, 6.07) is 0. The van der Waals surface area contributed by atoms with Crippen molar-refractivity contribution in [3.05, 3.63) is 28.3 Å². The Labute approximate surface area is 63.4 Å². The third-order valence-electron chi connectivity index (χ3n) is 1.56. The number of rotatable bonds is 0. The highest BCUT2D eigenvalue weighted by Crippen LogP contribution is 1.89. The Morgan fingerprint density at radius 1 is 1.55 bits per heavy atom. The zero-order chi connectivity index (χ0) is 7.84. The van der Waals surface area contributed by atoms with Crippen molar-refractivity contribution in [2.45, 2.75) is 6.92 Å². The molecule has 0 amide bonds. The highest BCUT2D eigenvalue weighted by molar-refractivity contribution is 5.48. The molecule has 0 saturated carbocycles. The van der Waals surface area contributed by atoms with Gasteiger partial charge in [-0.3, -0.25) is 0 Å². The lowest BCUT2D eigenvalue weighted by atomic mass is 10.2. The first-order chi connectivity index (χ1) is 5.27. The zero-order valence-electron chi connectivity index (χ0n) is 6.13. The van der Waals surface area contributed by atoms with E-state index >= 15 is 0 Å². The minimum Gasteiger partial charge on any atom is -0.338 e. The highest BCUT2D eigenvalue weighted by atomic mass is 15.3. The summed E-state index contributed by atoms with van der Waals surface area (Å²) < 4.78 is 1.48. The highest BCUT2D eigenvalue weighted by Gasteiger charge is 1.94. The molecule has 0 bridgehead atoms. The van der Waals surface area contributed by atoms with E-state index in [-0.39, 0.29) is 0 Å². The van der Waals surface area contributed by atoms with Gasteiger partial charge in [0.1, 0.15) is 11.7 Å². The van der Waals surface area contributed by atoms with Gasteiger partial charge in [0.25, 0.3) is 0 Å². The Balaban J connectivity index is 3.06. The van der Waals surface area contributed by atoms with Crippen molar-refractivity contribution in [2.75, 3.05) is 5.84 Å². The number of nitrogens with zero attached hydrogens (tertiary/aromatic N) is 2. The maximum atomic E-state index is 5.57. The fourth-order valence-corrected chi connectivity index (χ4v) is 1.01. The molecule has 1 aromatic heterocycles. The van der Waals surface area contributed by atoms with Gasteiger partial charge in [-0.05, 0) is 18.7 Å². The summed E-state index contributed by atoms with van der Waals surface area (Å²) in [7, 11) is 0. The number of aromatic nitrogens is 2. The average molecular weight is 145 g/mol. The smallest absolute Gasteiger partial charge is 0.141 e. The third kappa shape index (κ3) is 0.802. The van der Waals surface area contributed by atoms with Gasteiger partial charge in [0, 0.05) is 5.57 Å².